The molecule has 1 aromatic rings. The number of halogens is 3. The topological polar surface area (TPSA) is 35.2 Å². The summed E-state index contributed by atoms with van der Waals surface area (Å²) in [5.74, 6) is 0. The number of hydrogen-bond donors (Lipinski definition) is 1. The standard InChI is InChI=1S/C15H22F3NO/c1-14(2,3)12-6-4-11(5-7-12)13(19)8-9-20-10-15(16,17)18/h4-7,13H,8-10,19H2,1-3H3. The zero-order valence-corrected chi connectivity index (χ0v) is 12.1. The summed E-state index contributed by atoms with van der Waals surface area (Å²) in [6, 6.07) is 7.55. The van der Waals surface area contributed by atoms with Gasteiger partial charge in [0.15, 0.2) is 0 Å². The van der Waals surface area contributed by atoms with Crippen LogP contribution in [0.4, 0.5) is 13.2 Å². The van der Waals surface area contributed by atoms with E-state index in [0.29, 0.717) is 6.42 Å². The second kappa shape index (κ2) is 6.59. The number of benzene rings is 1. The lowest BCUT2D eigenvalue weighted by atomic mass is 9.86. The zero-order valence-electron chi connectivity index (χ0n) is 12.1. The van der Waals surface area contributed by atoms with Gasteiger partial charge in [-0.3, -0.25) is 0 Å². The first-order valence-electron chi connectivity index (χ1n) is 6.60. The summed E-state index contributed by atoms with van der Waals surface area (Å²) in [6.45, 7) is 5.14. The number of rotatable bonds is 5. The number of ether oxygens (including phenoxy) is 1. The minimum atomic E-state index is -4.28. The molecular weight excluding hydrogens is 267 g/mol. The van der Waals surface area contributed by atoms with Gasteiger partial charge >= 0.3 is 6.18 Å². The van der Waals surface area contributed by atoms with Crippen molar-refractivity contribution in [1.29, 1.82) is 0 Å². The van der Waals surface area contributed by atoms with Crippen LogP contribution >= 0.6 is 0 Å². The van der Waals surface area contributed by atoms with E-state index >= 15 is 0 Å². The van der Waals surface area contributed by atoms with Crippen LogP contribution in [0.2, 0.25) is 0 Å². The van der Waals surface area contributed by atoms with Gasteiger partial charge < -0.3 is 10.5 Å². The van der Waals surface area contributed by atoms with Crippen molar-refractivity contribution in [1.82, 2.24) is 0 Å². The van der Waals surface area contributed by atoms with E-state index in [1.165, 1.54) is 5.56 Å². The summed E-state index contributed by atoms with van der Waals surface area (Å²) in [7, 11) is 0. The Morgan fingerprint density at radius 3 is 2.10 bits per heavy atom. The van der Waals surface area contributed by atoms with E-state index < -0.39 is 12.8 Å². The first-order chi connectivity index (χ1) is 9.09. The Balaban J connectivity index is 2.46. The summed E-state index contributed by atoms with van der Waals surface area (Å²) in [4.78, 5) is 0. The van der Waals surface area contributed by atoms with Gasteiger partial charge in [0, 0.05) is 12.6 Å². The Kier molecular flexibility index (Phi) is 5.59. The Bertz CT molecular complexity index is 407. The lowest BCUT2D eigenvalue weighted by Gasteiger charge is -2.20. The summed E-state index contributed by atoms with van der Waals surface area (Å²) in [6.07, 6.45) is -3.91. The molecule has 0 spiro atoms. The molecule has 1 unspecified atom stereocenters. The van der Waals surface area contributed by atoms with Crippen molar-refractivity contribution in [2.75, 3.05) is 13.2 Å². The predicted molar refractivity (Wildman–Crippen MR) is 73.6 cm³/mol. The SMILES string of the molecule is CC(C)(C)c1ccc(C(N)CCOCC(F)(F)F)cc1. The molecule has 1 aromatic carbocycles. The Hall–Kier alpha value is -1.07. The monoisotopic (exact) mass is 289 g/mol. The van der Waals surface area contributed by atoms with Gasteiger partial charge in [0.2, 0.25) is 0 Å². The smallest absolute Gasteiger partial charge is 0.372 e. The lowest BCUT2D eigenvalue weighted by Crippen LogP contribution is -2.20. The molecule has 1 atom stereocenters. The van der Waals surface area contributed by atoms with Crippen molar-refractivity contribution < 1.29 is 17.9 Å². The van der Waals surface area contributed by atoms with Crippen LogP contribution in [0.1, 0.15) is 44.4 Å². The summed E-state index contributed by atoms with van der Waals surface area (Å²) < 4.78 is 40.3. The highest BCUT2D eigenvalue weighted by Crippen LogP contribution is 2.24. The van der Waals surface area contributed by atoms with Crippen LogP contribution in [-0.4, -0.2) is 19.4 Å². The fraction of sp³-hybridized carbons (Fsp3) is 0.600. The highest BCUT2D eigenvalue weighted by Gasteiger charge is 2.27. The molecule has 0 aliphatic carbocycles. The first kappa shape index (κ1) is 17.0. The summed E-state index contributed by atoms with van der Waals surface area (Å²) in [5, 5.41) is 0. The molecule has 0 amide bonds. The van der Waals surface area contributed by atoms with Gasteiger partial charge in [-0.25, -0.2) is 0 Å². The largest absolute Gasteiger partial charge is 0.411 e. The molecule has 2 nitrogen and oxygen atoms in total. The predicted octanol–water partition coefficient (Wildman–Crippen LogP) is 3.95. The summed E-state index contributed by atoms with van der Waals surface area (Å²) >= 11 is 0. The van der Waals surface area contributed by atoms with E-state index in [0.717, 1.165) is 5.56 Å². The number of hydrogen-bond acceptors (Lipinski definition) is 2. The Labute approximate surface area is 118 Å². The molecule has 114 valence electrons. The molecule has 0 saturated carbocycles. The van der Waals surface area contributed by atoms with E-state index in [4.69, 9.17) is 5.73 Å². The molecule has 0 aliphatic rings. The molecule has 0 fully saturated rings. The molecule has 0 radical (unpaired) electrons. The van der Waals surface area contributed by atoms with Gasteiger partial charge in [0.05, 0.1) is 0 Å². The van der Waals surface area contributed by atoms with Crippen LogP contribution in [0.25, 0.3) is 0 Å². The van der Waals surface area contributed by atoms with Crippen molar-refractivity contribution >= 4 is 0 Å². The van der Waals surface area contributed by atoms with Gasteiger partial charge in [0.1, 0.15) is 6.61 Å². The Morgan fingerprint density at radius 2 is 1.65 bits per heavy atom. The average molecular weight is 289 g/mol. The Morgan fingerprint density at radius 1 is 1.10 bits per heavy atom. The lowest BCUT2D eigenvalue weighted by molar-refractivity contribution is -0.174. The molecule has 5 heteroatoms. The van der Waals surface area contributed by atoms with Gasteiger partial charge in [0.25, 0.3) is 0 Å². The fourth-order valence-electron chi connectivity index (χ4n) is 1.80. The van der Waals surface area contributed by atoms with Crippen LogP contribution < -0.4 is 5.73 Å². The molecular formula is C15H22F3NO. The van der Waals surface area contributed by atoms with E-state index in [9.17, 15) is 13.2 Å². The van der Waals surface area contributed by atoms with E-state index in [2.05, 4.69) is 25.5 Å². The van der Waals surface area contributed by atoms with Crippen molar-refractivity contribution in [2.45, 2.75) is 44.8 Å². The van der Waals surface area contributed by atoms with E-state index in [1.807, 2.05) is 24.3 Å². The van der Waals surface area contributed by atoms with E-state index in [-0.39, 0.29) is 18.1 Å². The molecule has 2 N–H and O–H groups in total. The second-order valence-electron chi connectivity index (χ2n) is 5.93. The normalized spacial score (nSPS) is 14.3. The quantitative estimate of drug-likeness (QED) is 0.833. The van der Waals surface area contributed by atoms with Gasteiger partial charge in [-0.1, -0.05) is 45.0 Å². The van der Waals surface area contributed by atoms with Crippen LogP contribution in [-0.2, 0) is 10.2 Å². The highest BCUT2D eigenvalue weighted by atomic mass is 19.4. The third-order valence-electron chi connectivity index (χ3n) is 3.04. The second-order valence-corrected chi connectivity index (χ2v) is 5.93. The third kappa shape index (κ3) is 5.92. The minimum absolute atomic E-state index is 0.00169. The fourth-order valence-corrected chi connectivity index (χ4v) is 1.80. The van der Waals surface area contributed by atoms with Crippen LogP contribution in [0, 0.1) is 0 Å². The molecule has 0 aromatic heterocycles. The van der Waals surface area contributed by atoms with Crippen molar-refractivity contribution in [3.63, 3.8) is 0 Å². The van der Waals surface area contributed by atoms with Crippen molar-refractivity contribution in [2.24, 2.45) is 5.73 Å². The minimum Gasteiger partial charge on any atom is -0.372 e. The molecule has 0 bridgehead atoms. The maximum atomic E-state index is 11.9. The summed E-state index contributed by atoms with van der Waals surface area (Å²) in [5.41, 5.74) is 8.12. The van der Waals surface area contributed by atoms with Gasteiger partial charge in [-0.05, 0) is 23.0 Å². The molecule has 0 aliphatic heterocycles. The van der Waals surface area contributed by atoms with Crippen LogP contribution in [0.3, 0.4) is 0 Å². The molecule has 20 heavy (non-hydrogen) atoms. The number of nitrogens with two attached hydrogens (primary N) is 1. The maximum Gasteiger partial charge on any atom is 0.411 e. The first-order valence-corrected chi connectivity index (χ1v) is 6.60. The third-order valence-corrected chi connectivity index (χ3v) is 3.04. The maximum absolute atomic E-state index is 11.9. The molecule has 0 saturated heterocycles. The van der Waals surface area contributed by atoms with Gasteiger partial charge in [-0.15, -0.1) is 0 Å². The van der Waals surface area contributed by atoms with Crippen LogP contribution in [0.5, 0.6) is 0 Å². The average Bonchev–Trinajstić information content (AvgIpc) is 2.32. The zero-order chi connectivity index (χ0) is 15.4. The van der Waals surface area contributed by atoms with Crippen LogP contribution in [0.15, 0.2) is 24.3 Å². The molecule has 1 rings (SSSR count). The van der Waals surface area contributed by atoms with Crippen molar-refractivity contribution in [3.8, 4) is 0 Å². The molecule has 0 heterocycles. The van der Waals surface area contributed by atoms with E-state index in [1.54, 1.807) is 0 Å². The number of alkyl halides is 3. The van der Waals surface area contributed by atoms with Crippen molar-refractivity contribution in [3.05, 3.63) is 35.4 Å². The highest BCUT2D eigenvalue weighted by molar-refractivity contribution is 5.29. The van der Waals surface area contributed by atoms with Gasteiger partial charge in [-0.2, -0.15) is 13.2 Å².